The molecule has 2 N–H and O–H groups in total. The van der Waals surface area contributed by atoms with E-state index in [4.69, 9.17) is 4.74 Å². The Hall–Kier alpha value is -3.02. The molecular formula is C23H25N3O3. The number of hydrogen-bond donors (Lipinski definition) is 2. The summed E-state index contributed by atoms with van der Waals surface area (Å²) in [4.78, 5) is 27.4. The van der Waals surface area contributed by atoms with E-state index in [0.29, 0.717) is 17.7 Å². The molecule has 2 aromatic rings. The van der Waals surface area contributed by atoms with Gasteiger partial charge in [0.05, 0.1) is 11.7 Å². The third kappa shape index (κ3) is 3.12. The van der Waals surface area contributed by atoms with Crippen LogP contribution in [-0.4, -0.2) is 23.7 Å². The maximum absolute atomic E-state index is 13.0. The second-order valence-electron chi connectivity index (χ2n) is 8.36. The van der Waals surface area contributed by atoms with Gasteiger partial charge < -0.3 is 15.4 Å². The summed E-state index contributed by atoms with van der Waals surface area (Å²) in [5, 5.41) is 6.20. The Balaban J connectivity index is 1.45. The van der Waals surface area contributed by atoms with Crippen LogP contribution in [0.2, 0.25) is 0 Å². The number of benzene rings is 2. The molecule has 0 aromatic heterocycles. The van der Waals surface area contributed by atoms with Crippen LogP contribution in [0.1, 0.15) is 61.0 Å². The number of urea groups is 1. The molecule has 0 radical (unpaired) electrons. The van der Waals surface area contributed by atoms with Crippen molar-refractivity contribution in [1.82, 2.24) is 10.6 Å². The number of nitrogens with zero attached hydrogens (tertiary/aromatic N) is 1. The first-order valence-corrected chi connectivity index (χ1v) is 10.3. The van der Waals surface area contributed by atoms with Gasteiger partial charge in [0.1, 0.15) is 5.75 Å². The van der Waals surface area contributed by atoms with Crippen LogP contribution >= 0.6 is 0 Å². The summed E-state index contributed by atoms with van der Waals surface area (Å²) in [5.41, 5.74) is 1.40. The molecule has 5 rings (SSSR count). The van der Waals surface area contributed by atoms with Crippen LogP contribution in [0.3, 0.4) is 0 Å². The predicted molar refractivity (Wildman–Crippen MR) is 110 cm³/mol. The quantitative estimate of drug-likeness (QED) is 0.827. The lowest BCUT2D eigenvalue weighted by Gasteiger charge is -2.50. The second kappa shape index (κ2) is 6.79. The highest BCUT2D eigenvalue weighted by Crippen LogP contribution is 2.45. The molecule has 3 amide bonds. The summed E-state index contributed by atoms with van der Waals surface area (Å²) in [6, 6.07) is 15.0. The Morgan fingerprint density at radius 3 is 2.79 bits per heavy atom. The average molecular weight is 391 g/mol. The van der Waals surface area contributed by atoms with Crippen molar-refractivity contribution < 1.29 is 14.3 Å². The molecule has 0 spiro atoms. The van der Waals surface area contributed by atoms with E-state index in [9.17, 15) is 9.59 Å². The topological polar surface area (TPSA) is 70.7 Å². The van der Waals surface area contributed by atoms with Crippen LogP contribution in [0.4, 0.5) is 10.5 Å². The van der Waals surface area contributed by atoms with Crippen molar-refractivity contribution in [3.8, 4) is 5.75 Å². The van der Waals surface area contributed by atoms with Gasteiger partial charge in [-0.05, 0) is 44.0 Å². The Morgan fingerprint density at radius 1 is 1.17 bits per heavy atom. The monoisotopic (exact) mass is 391 g/mol. The lowest BCUT2D eigenvalue weighted by molar-refractivity contribution is 0.0378. The summed E-state index contributed by atoms with van der Waals surface area (Å²) < 4.78 is 6.30. The minimum Gasteiger partial charge on any atom is -0.467 e. The number of ether oxygens (including phenoxy) is 1. The van der Waals surface area contributed by atoms with Gasteiger partial charge in [-0.1, -0.05) is 37.1 Å². The van der Waals surface area contributed by atoms with Crippen molar-refractivity contribution in [3.63, 3.8) is 0 Å². The number of carbonyl (C=O) groups excluding carboxylic acids is 2. The zero-order valence-electron chi connectivity index (χ0n) is 16.5. The Labute approximate surface area is 170 Å². The molecule has 6 heteroatoms. The first kappa shape index (κ1) is 18.0. The maximum Gasteiger partial charge on any atom is 0.325 e. The number of amides is 3. The molecule has 2 atom stereocenters. The highest BCUT2D eigenvalue weighted by molar-refractivity contribution is 5.99. The fraction of sp³-hybridized carbons (Fsp3) is 0.391. The lowest BCUT2D eigenvalue weighted by Crippen LogP contribution is -2.65. The Bertz CT molecular complexity index is 969. The number of anilines is 1. The smallest absolute Gasteiger partial charge is 0.325 e. The van der Waals surface area contributed by atoms with Crippen molar-refractivity contribution >= 4 is 17.6 Å². The number of rotatable bonds is 3. The first-order valence-electron chi connectivity index (χ1n) is 10.3. The molecule has 1 saturated carbocycles. The average Bonchev–Trinajstić information content (AvgIpc) is 3.20. The normalized spacial score (nSPS) is 25.8. The van der Waals surface area contributed by atoms with Gasteiger partial charge in [0.2, 0.25) is 0 Å². The van der Waals surface area contributed by atoms with Crippen molar-refractivity contribution in [2.45, 2.75) is 56.8 Å². The summed E-state index contributed by atoms with van der Waals surface area (Å²) in [6.45, 7) is 1.93. The number of hydrogen-bond acceptors (Lipinski definition) is 3. The van der Waals surface area contributed by atoms with Gasteiger partial charge >= 0.3 is 6.03 Å². The molecule has 1 saturated heterocycles. The molecule has 2 heterocycles. The van der Waals surface area contributed by atoms with Crippen molar-refractivity contribution in [1.29, 1.82) is 0 Å². The van der Waals surface area contributed by atoms with E-state index in [1.807, 2.05) is 43.3 Å². The minimum atomic E-state index is -0.818. The Morgan fingerprint density at radius 2 is 1.97 bits per heavy atom. The zero-order chi connectivity index (χ0) is 20.0. The molecule has 2 unspecified atom stereocenters. The molecule has 3 aliphatic rings. The summed E-state index contributed by atoms with van der Waals surface area (Å²) in [7, 11) is 0. The van der Waals surface area contributed by atoms with Crippen LogP contribution in [0, 0.1) is 0 Å². The van der Waals surface area contributed by atoms with Gasteiger partial charge in [-0.3, -0.25) is 9.69 Å². The van der Waals surface area contributed by atoms with Crippen LogP contribution in [0.15, 0.2) is 48.5 Å². The molecule has 2 aliphatic heterocycles. The third-order valence-corrected chi connectivity index (χ3v) is 6.24. The van der Waals surface area contributed by atoms with E-state index < -0.39 is 5.72 Å². The highest BCUT2D eigenvalue weighted by atomic mass is 16.5. The second-order valence-corrected chi connectivity index (χ2v) is 8.36. The molecule has 29 heavy (non-hydrogen) atoms. The van der Waals surface area contributed by atoms with Crippen molar-refractivity contribution in [2.75, 3.05) is 4.90 Å². The van der Waals surface area contributed by atoms with E-state index in [1.165, 1.54) is 0 Å². The van der Waals surface area contributed by atoms with E-state index in [1.54, 1.807) is 17.0 Å². The van der Waals surface area contributed by atoms with Crippen LogP contribution < -0.4 is 20.3 Å². The van der Waals surface area contributed by atoms with Gasteiger partial charge in [0, 0.05) is 23.6 Å². The van der Waals surface area contributed by atoms with E-state index in [2.05, 4.69) is 10.6 Å². The largest absolute Gasteiger partial charge is 0.467 e. The van der Waals surface area contributed by atoms with Crippen LogP contribution in [0.25, 0.3) is 0 Å². The van der Waals surface area contributed by atoms with Gasteiger partial charge in [0.25, 0.3) is 5.91 Å². The molecular weight excluding hydrogens is 366 g/mol. The maximum atomic E-state index is 13.0. The number of nitrogens with one attached hydrogen (secondary N) is 2. The van der Waals surface area contributed by atoms with Gasteiger partial charge in [-0.25, -0.2) is 4.79 Å². The summed E-state index contributed by atoms with van der Waals surface area (Å²) >= 11 is 0. The lowest BCUT2D eigenvalue weighted by atomic mass is 9.90. The van der Waals surface area contributed by atoms with E-state index in [-0.39, 0.29) is 24.0 Å². The van der Waals surface area contributed by atoms with Gasteiger partial charge in [-0.2, -0.15) is 0 Å². The van der Waals surface area contributed by atoms with Crippen LogP contribution in [0.5, 0.6) is 5.75 Å². The van der Waals surface area contributed by atoms with Crippen LogP contribution in [-0.2, 0) is 0 Å². The van der Waals surface area contributed by atoms with Crippen molar-refractivity contribution in [3.05, 3.63) is 59.7 Å². The van der Waals surface area contributed by atoms with E-state index in [0.717, 1.165) is 37.0 Å². The fourth-order valence-corrected chi connectivity index (χ4v) is 4.84. The fourth-order valence-electron chi connectivity index (χ4n) is 4.84. The standard InChI is InChI=1S/C23H25N3O3/c1-23-14-19(18-11-4-5-12-20(18)29-23)25-22(28)26(23)17-10-6-7-15(13-17)21(27)24-16-8-2-3-9-16/h4-7,10-13,16,19H,2-3,8-9,14H2,1H3,(H,24,27)(H,25,28). The predicted octanol–water partition coefficient (Wildman–Crippen LogP) is 4.13. The first-order chi connectivity index (χ1) is 14.0. The number of para-hydroxylation sites is 1. The van der Waals surface area contributed by atoms with Gasteiger partial charge in [-0.15, -0.1) is 0 Å². The van der Waals surface area contributed by atoms with E-state index >= 15 is 0 Å². The number of carbonyl (C=O) groups is 2. The minimum absolute atomic E-state index is 0.0810. The Kier molecular flexibility index (Phi) is 4.23. The van der Waals surface area contributed by atoms with Gasteiger partial charge in [0.15, 0.2) is 5.72 Å². The summed E-state index contributed by atoms with van der Waals surface area (Å²) in [5.74, 6) is 0.695. The number of fused-ring (bicyclic) bond motifs is 4. The molecule has 1 aliphatic carbocycles. The SMILES string of the molecule is CC12CC(NC(=O)N1c1cccc(C(=O)NC3CCCC3)c1)c1ccccc1O2. The third-order valence-electron chi connectivity index (χ3n) is 6.24. The van der Waals surface area contributed by atoms with Crippen molar-refractivity contribution in [2.24, 2.45) is 0 Å². The molecule has 6 nitrogen and oxygen atoms in total. The molecule has 2 bridgehead atoms. The summed E-state index contributed by atoms with van der Waals surface area (Å²) in [6.07, 6.45) is 5.03. The molecule has 150 valence electrons. The molecule has 2 aromatic carbocycles. The highest BCUT2D eigenvalue weighted by Gasteiger charge is 2.49. The zero-order valence-corrected chi connectivity index (χ0v) is 16.5. The molecule has 2 fully saturated rings.